The van der Waals surface area contributed by atoms with Crippen molar-refractivity contribution in [2.75, 3.05) is 26.2 Å². The molecule has 0 saturated carbocycles. The van der Waals surface area contributed by atoms with Crippen LogP contribution in [0, 0.1) is 0 Å². The number of hydrogen-bond donors (Lipinski definition) is 1. The van der Waals surface area contributed by atoms with Gasteiger partial charge < -0.3 is 10.2 Å². The summed E-state index contributed by atoms with van der Waals surface area (Å²) < 4.78 is 1.84. The molecule has 5 nitrogen and oxygen atoms in total. The smallest absolute Gasteiger partial charge is 0.261 e. The van der Waals surface area contributed by atoms with Gasteiger partial charge in [0.05, 0.1) is 4.88 Å². The van der Waals surface area contributed by atoms with Crippen LogP contribution in [0.1, 0.15) is 22.5 Å². The van der Waals surface area contributed by atoms with Crippen LogP contribution in [0.3, 0.4) is 0 Å². The molecule has 1 amide bonds. The molecule has 0 atom stereocenters. The molecule has 0 radical (unpaired) electrons. The number of halogens is 1. The minimum absolute atomic E-state index is 0.00699. The number of aryl methyl sites for hydroxylation is 1. The maximum absolute atomic E-state index is 12.5. The Bertz CT molecular complexity index is 925. The number of rotatable bonds is 5. The maximum Gasteiger partial charge on any atom is 0.261 e. The molecular formula is C19H21ClN4OS. The summed E-state index contributed by atoms with van der Waals surface area (Å²) in [6.07, 6.45) is 2.54. The molecule has 3 aromatic rings. The van der Waals surface area contributed by atoms with Crippen molar-refractivity contribution in [2.45, 2.75) is 12.8 Å². The van der Waals surface area contributed by atoms with E-state index in [0.717, 1.165) is 46.0 Å². The third kappa shape index (κ3) is 3.49. The van der Waals surface area contributed by atoms with Crippen molar-refractivity contribution >= 4 is 39.1 Å². The SMILES string of the molecule is Cn1nc(-c2ccc(Cl)cc2)c2cc(C(=O)NCCN3CCCC3)sc21. The summed E-state index contributed by atoms with van der Waals surface area (Å²) in [4.78, 5) is 16.6. The van der Waals surface area contributed by atoms with Gasteiger partial charge in [-0.1, -0.05) is 23.7 Å². The van der Waals surface area contributed by atoms with Crippen molar-refractivity contribution in [2.24, 2.45) is 7.05 Å². The average Bonchev–Trinajstić information content (AvgIpc) is 3.34. The lowest BCUT2D eigenvalue weighted by molar-refractivity contribution is 0.0954. The van der Waals surface area contributed by atoms with Gasteiger partial charge in [-0.25, -0.2) is 0 Å². The van der Waals surface area contributed by atoms with Crippen LogP contribution in [0.15, 0.2) is 30.3 Å². The first-order valence-electron chi connectivity index (χ1n) is 8.85. The monoisotopic (exact) mass is 388 g/mol. The molecule has 2 aromatic heterocycles. The molecule has 1 fully saturated rings. The zero-order valence-electron chi connectivity index (χ0n) is 14.7. The Morgan fingerprint density at radius 3 is 2.73 bits per heavy atom. The number of benzene rings is 1. The van der Waals surface area contributed by atoms with E-state index in [1.54, 1.807) is 0 Å². The number of hydrogen-bond acceptors (Lipinski definition) is 4. The standard InChI is InChI=1S/C19H21ClN4OS/c1-23-19-15(17(22-23)13-4-6-14(20)7-5-13)12-16(26-19)18(25)21-8-11-24-9-2-3-10-24/h4-7,12H,2-3,8-11H2,1H3,(H,21,25). The molecule has 136 valence electrons. The molecule has 0 unspecified atom stereocenters. The third-order valence-electron chi connectivity index (χ3n) is 4.77. The van der Waals surface area contributed by atoms with Gasteiger partial charge in [0.25, 0.3) is 5.91 Å². The largest absolute Gasteiger partial charge is 0.350 e. The number of fused-ring (bicyclic) bond motifs is 1. The molecule has 0 spiro atoms. The van der Waals surface area contributed by atoms with E-state index in [1.807, 2.05) is 42.1 Å². The van der Waals surface area contributed by atoms with Gasteiger partial charge in [-0.2, -0.15) is 5.10 Å². The van der Waals surface area contributed by atoms with E-state index in [-0.39, 0.29) is 5.91 Å². The highest BCUT2D eigenvalue weighted by Crippen LogP contribution is 2.34. The molecule has 1 aliphatic rings. The van der Waals surface area contributed by atoms with Crippen molar-refractivity contribution < 1.29 is 4.79 Å². The van der Waals surface area contributed by atoms with Gasteiger partial charge in [0, 0.05) is 36.1 Å². The molecule has 1 aliphatic heterocycles. The molecule has 0 aliphatic carbocycles. The Balaban J connectivity index is 1.52. The molecule has 7 heteroatoms. The number of thiophene rings is 1. The van der Waals surface area contributed by atoms with Gasteiger partial charge in [-0.05, 0) is 44.1 Å². The van der Waals surface area contributed by atoms with Crippen LogP contribution in [0.4, 0.5) is 0 Å². The van der Waals surface area contributed by atoms with Gasteiger partial charge in [0.1, 0.15) is 10.5 Å². The molecule has 1 N–H and O–H groups in total. The maximum atomic E-state index is 12.5. The van der Waals surface area contributed by atoms with Crippen LogP contribution in [-0.4, -0.2) is 46.8 Å². The lowest BCUT2D eigenvalue weighted by atomic mass is 10.1. The molecule has 4 rings (SSSR count). The van der Waals surface area contributed by atoms with E-state index in [9.17, 15) is 4.79 Å². The van der Waals surface area contributed by atoms with Crippen LogP contribution >= 0.6 is 22.9 Å². The summed E-state index contributed by atoms with van der Waals surface area (Å²) in [5.41, 5.74) is 1.88. The molecule has 0 bridgehead atoms. The van der Waals surface area contributed by atoms with E-state index >= 15 is 0 Å². The Kier molecular flexibility index (Phi) is 4.98. The quantitative estimate of drug-likeness (QED) is 0.723. The van der Waals surface area contributed by atoms with Crippen molar-refractivity contribution in [3.8, 4) is 11.3 Å². The fourth-order valence-electron chi connectivity index (χ4n) is 3.39. The fraction of sp³-hybridized carbons (Fsp3) is 0.368. The zero-order valence-corrected chi connectivity index (χ0v) is 16.2. The Morgan fingerprint density at radius 1 is 1.27 bits per heavy atom. The Labute approximate surface area is 161 Å². The van der Waals surface area contributed by atoms with Gasteiger partial charge in [0.2, 0.25) is 0 Å². The number of carbonyl (C=O) groups is 1. The lowest BCUT2D eigenvalue weighted by Gasteiger charge is -2.14. The first-order chi connectivity index (χ1) is 12.6. The van der Waals surface area contributed by atoms with E-state index in [1.165, 1.54) is 24.2 Å². The van der Waals surface area contributed by atoms with E-state index in [2.05, 4.69) is 15.3 Å². The number of aromatic nitrogens is 2. The van der Waals surface area contributed by atoms with Crippen molar-refractivity contribution in [1.29, 1.82) is 0 Å². The van der Waals surface area contributed by atoms with Crippen LogP contribution in [0.5, 0.6) is 0 Å². The van der Waals surface area contributed by atoms with Crippen LogP contribution in [0.2, 0.25) is 5.02 Å². The molecule has 3 heterocycles. The van der Waals surface area contributed by atoms with Crippen LogP contribution in [0.25, 0.3) is 21.5 Å². The first kappa shape index (κ1) is 17.5. The summed E-state index contributed by atoms with van der Waals surface area (Å²) in [5.74, 6) is -0.00699. The minimum Gasteiger partial charge on any atom is -0.350 e. The summed E-state index contributed by atoms with van der Waals surface area (Å²) in [7, 11) is 1.91. The zero-order chi connectivity index (χ0) is 18.1. The number of carbonyl (C=O) groups excluding carboxylic acids is 1. The number of nitrogens with zero attached hydrogens (tertiary/aromatic N) is 3. The summed E-state index contributed by atoms with van der Waals surface area (Å²) >= 11 is 7.47. The number of amides is 1. The van der Waals surface area contributed by atoms with Gasteiger partial charge in [-0.3, -0.25) is 9.48 Å². The number of nitrogens with one attached hydrogen (secondary N) is 1. The normalized spacial score (nSPS) is 15.0. The van der Waals surface area contributed by atoms with Crippen molar-refractivity contribution in [3.63, 3.8) is 0 Å². The second-order valence-corrected chi connectivity index (χ2v) is 8.08. The Hall–Kier alpha value is -1.89. The first-order valence-corrected chi connectivity index (χ1v) is 10.0. The molecular weight excluding hydrogens is 368 g/mol. The third-order valence-corrected chi connectivity index (χ3v) is 6.22. The molecule has 1 aromatic carbocycles. The molecule has 1 saturated heterocycles. The van der Waals surface area contributed by atoms with E-state index < -0.39 is 0 Å². The predicted molar refractivity (Wildman–Crippen MR) is 107 cm³/mol. The van der Waals surface area contributed by atoms with Gasteiger partial charge >= 0.3 is 0 Å². The van der Waals surface area contributed by atoms with Crippen molar-refractivity contribution in [1.82, 2.24) is 20.0 Å². The highest BCUT2D eigenvalue weighted by Gasteiger charge is 2.18. The highest BCUT2D eigenvalue weighted by atomic mass is 35.5. The number of likely N-dealkylation sites (tertiary alicyclic amines) is 1. The lowest BCUT2D eigenvalue weighted by Crippen LogP contribution is -2.33. The summed E-state index contributed by atoms with van der Waals surface area (Å²) in [6, 6.07) is 9.57. The van der Waals surface area contributed by atoms with Crippen molar-refractivity contribution in [3.05, 3.63) is 40.2 Å². The fourth-order valence-corrected chi connectivity index (χ4v) is 4.51. The topological polar surface area (TPSA) is 50.2 Å². The highest BCUT2D eigenvalue weighted by molar-refractivity contribution is 7.20. The van der Waals surface area contributed by atoms with Crippen LogP contribution in [-0.2, 0) is 7.05 Å². The second-order valence-electron chi connectivity index (χ2n) is 6.61. The summed E-state index contributed by atoms with van der Waals surface area (Å²) in [6.45, 7) is 3.91. The molecule has 26 heavy (non-hydrogen) atoms. The summed E-state index contributed by atoms with van der Waals surface area (Å²) in [5, 5.41) is 9.36. The second kappa shape index (κ2) is 7.39. The van der Waals surface area contributed by atoms with Gasteiger partial charge in [0.15, 0.2) is 0 Å². The minimum atomic E-state index is -0.00699. The van der Waals surface area contributed by atoms with E-state index in [4.69, 9.17) is 11.6 Å². The predicted octanol–water partition coefficient (Wildman–Crippen LogP) is 3.78. The Morgan fingerprint density at radius 2 is 2.00 bits per heavy atom. The van der Waals surface area contributed by atoms with Gasteiger partial charge in [-0.15, -0.1) is 11.3 Å². The van der Waals surface area contributed by atoms with Crippen LogP contribution < -0.4 is 5.32 Å². The van der Waals surface area contributed by atoms with E-state index in [0.29, 0.717) is 11.6 Å². The average molecular weight is 389 g/mol.